The molecule has 1 aliphatic rings. The van der Waals surface area contributed by atoms with Crippen LogP contribution in [0.1, 0.15) is 23.4 Å². The highest BCUT2D eigenvalue weighted by molar-refractivity contribution is 5.94. The minimum atomic E-state index is -4.65. The van der Waals surface area contributed by atoms with E-state index in [1.165, 1.54) is 6.20 Å². The van der Waals surface area contributed by atoms with Crippen LogP contribution >= 0.6 is 0 Å². The lowest BCUT2D eigenvalue weighted by Gasteiger charge is -2.27. The third-order valence-electron chi connectivity index (χ3n) is 5.84. The van der Waals surface area contributed by atoms with Gasteiger partial charge in [-0.2, -0.15) is 13.2 Å². The van der Waals surface area contributed by atoms with Crippen molar-refractivity contribution in [3.63, 3.8) is 0 Å². The minimum absolute atomic E-state index is 0.0542. The molecule has 0 spiro atoms. The minimum Gasteiger partial charge on any atom is -0.392 e. The van der Waals surface area contributed by atoms with E-state index < -0.39 is 17.8 Å². The summed E-state index contributed by atoms with van der Waals surface area (Å²) >= 11 is 0. The Morgan fingerprint density at radius 1 is 1.18 bits per heavy atom. The lowest BCUT2D eigenvalue weighted by atomic mass is 10.0. The van der Waals surface area contributed by atoms with Gasteiger partial charge in [-0.15, -0.1) is 0 Å². The number of aliphatic hydroxyl groups excluding tert-OH is 1. The topological polar surface area (TPSA) is 125 Å². The number of piperidine rings is 1. The second kappa shape index (κ2) is 8.37. The van der Waals surface area contributed by atoms with E-state index in [0.29, 0.717) is 47.7 Å². The number of aryl methyl sites for hydroxylation is 2. The molecule has 12 heteroatoms. The fraction of sp³-hybridized carbons (Fsp3) is 0.364. The molecule has 4 aromatic rings. The number of halogens is 3. The molecule has 0 bridgehead atoms. The van der Waals surface area contributed by atoms with Gasteiger partial charge in [0, 0.05) is 42.5 Å². The van der Waals surface area contributed by atoms with Gasteiger partial charge < -0.3 is 25.2 Å². The number of alkyl halides is 3. The van der Waals surface area contributed by atoms with Crippen LogP contribution in [-0.2, 0) is 6.18 Å². The Kier molecular flexibility index (Phi) is 5.48. The largest absolute Gasteiger partial charge is 0.419 e. The highest BCUT2D eigenvalue weighted by atomic mass is 19.4. The highest BCUT2D eigenvalue weighted by Gasteiger charge is 2.36. The molecule has 0 aromatic carbocycles. The zero-order valence-electron chi connectivity index (χ0n) is 18.4. The van der Waals surface area contributed by atoms with E-state index in [0.717, 1.165) is 11.8 Å². The summed E-state index contributed by atoms with van der Waals surface area (Å²) in [5, 5.41) is 20.3. The maximum atomic E-state index is 13.8. The van der Waals surface area contributed by atoms with Crippen LogP contribution < -0.4 is 10.6 Å². The maximum Gasteiger partial charge on any atom is 0.419 e. The predicted octanol–water partition coefficient (Wildman–Crippen LogP) is 3.45. The summed E-state index contributed by atoms with van der Waals surface area (Å²) in [7, 11) is 0. The van der Waals surface area contributed by atoms with Gasteiger partial charge in [0.15, 0.2) is 0 Å². The van der Waals surface area contributed by atoms with E-state index in [1.54, 1.807) is 26.0 Å². The van der Waals surface area contributed by atoms with Crippen molar-refractivity contribution in [3.05, 3.63) is 41.5 Å². The number of β-amino-alcohol motifs (C(OH)–C–C–N with tert-alkyl or cyclic N) is 1. The highest BCUT2D eigenvalue weighted by Crippen LogP contribution is 2.39. The lowest BCUT2D eigenvalue weighted by molar-refractivity contribution is -0.137. The summed E-state index contributed by atoms with van der Waals surface area (Å²) in [5.74, 6) is 0.655. The summed E-state index contributed by atoms with van der Waals surface area (Å²) in [6, 6.07) is 3.21. The zero-order valence-corrected chi connectivity index (χ0v) is 18.4. The van der Waals surface area contributed by atoms with Gasteiger partial charge in [0.1, 0.15) is 17.0 Å². The third kappa shape index (κ3) is 4.10. The molecule has 1 aliphatic heterocycles. The van der Waals surface area contributed by atoms with E-state index in [2.05, 4.69) is 35.7 Å². The fourth-order valence-electron chi connectivity index (χ4n) is 4.26. The number of nitrogens with one attached hydrogen (secondary N) is 3. The van der Waals surface area contributed by atoms with Crippen molar-refractivity contribution in [2.45, 2.75) is 38.6 Å². The number of anilines is 1. The number of fused-ring (bicyclic) bond motifs is 1. The summed E-state index contributed by atoms with van der Waals surface area (Å²) in [6.45, 7) is 4.57. The van der Waals surface area contributed by atoms with Gasteiger partial charge in [-0.05, 0) is 32.4 Å². The number of rotatable bonds is 4. The molecule has 178 valence electrons. The quantitative estimate of drug-likeness (QED) is 0.355. The van der Waals surface area contributed by atoms with Gasteiger partial charge in [-0.1, -0.05) is 5.16 Å². The Morgan fingerprint density at radius 2 is 2.00 bits per heavy atom. The number of nitrogens with zero attached hydrogens (tertiary/aromatic N) is 4. The number of aromatic amines is 1. The van der Waals surface area contributed by atoms with Crippen molar-refractivity contribution in [2.24, 2.45) is 0 Å². The molecule has 2 atom stereocenters. The molecule has 5 heterocycles. The molecule has 1 saturated heterocycles. The summed E-state index contributed by atoms with van der Waals surface area (Å²) in [6.07, 6.45) is -2.52. The SMILES string of the molecule is Cc1noc(C)c1-c1ccc2c(-c3nc(N[C@@H]4CNC[C@H](O)C4)ncc3C(F)(F)F)c[nH]c2n1. The van der Waals surface area contributed by atoms with Crippen LogP contribution in [0.25, 0.3) is 33.5 Å². The number of hydrogen-bond acceptors (Lipinski definition) is 8. The van der Waals surface area contributed by atoms with E-state index in [9.17, 15) is 18.3 Å². The van der Waals surface area contributed by atoms with E-state index in [-0.39, 0.29) is 23.2 Å². The van der Waals surface area contributed by atoms with Crippen LogP contribution in [-0.4, -0.2) is 55.4 Å². The molecular formula is C22H22F3N7O2. The predicted molar refractivity (Wildman–Crippen MR) is 118 cm³/mol. The van der Waals surface area contributed by atoms with Gasteiger partial charge in [-0.3, -0.25) is 0 Å². The van der Waals surface area contributed by atoms with Crippen LogP contribution in [0.15, 0.2) is 29.0 Å². The first kappa shape index (κ1) is 22.3. The first-order valence-corrected chi connectivity index (χ1v) is 10.7. The normalized spacial score (nSPS) is 19.0. The molecular weight excluding hydrogens is 451 g/mol. The molecule has 5 rings (SSSR count). The van der Waals surface area contributed by atoms with E-state index >= 15 is 0 Å². The third-order valence-corrected chi connectivity index (χ3v) is 5.84. The van der Waals surface area contributed by atoms with Crippen molar-refractivity contribution in [1.82, 2.24) is 30.4 Å². The van der Waals surface area contributed by atoms with Crippen LogP contribution in [0.2, 0.25) is 0 Å². The summed E-state index contributed by atoms with van der Waals surface area (Å²) < 4.78 is 46.7. The van der Waals surface area contributed by atoms with Crippen LogP contribution in [0, 0.1) is 13.8 Å². The molecule has 0 saturated carbocycles. The standard InChI is InChI=1S/C22H22F3N7O2/c1-10-18(11(2)34-32-10)17-4-3-14-15(8-27-20(14)30-17)19-16(22(23,24)25)9-28-21(31-19)29-12-5-13(33)7-26-6-12/h3-4,8-9,12-13,26,33H,5-7H2,1-2H3,(H,27,30)(H,28,29,31)/t12-,13+/m0/s1. The van der Waals surface area contributed by atoms with Crippen LogP contribution in [0.4, 0.5) is 19.1 Å². The van der Waals surface area contributed by atoms with Gasteiger partial charge in [0.05, 0.1) is 28.7 Å². The lowest BCUT2D eigenvalue weighted by Crippen LogP contribution is -2.46. The van der Waals surface area contributed by atoms with Gasteiger partial charge in [0.25, 0.3) is 0 Å². The number of pyridine rings is 1. The molecule has 4 aromatic heterocycles. The summed E-state index contributed by atoms with van der Waals surface area (Å²) in [4.78, 5) is 15.6. The van der Waals surface area contributed by atoms with Crippen molar-refractivity contribution in [3.8, 4) is 22.5 Å². The van der Waals surface area contributed by atoms with Crippen LogP contribution in [0.5, 0.6) is 0 Å². The molecule has 34 heavy (non-hydrogen) atoms. The molecule has 9 nitrogen and oxygen atoms in total. The van der Waals surface area contributed by atoms with Crippen molar-refractivity contribution in [1.29, 1.82) is 0 Å². The second-order valence-electron chi connectivity index (χ2n) is 8.34. The Labute approximate surface area is 191 Å². The number of H-pyrrole nitrogens is 1. The first-order valence-electron chi connectivity index (χ1n) is 10.7. The van der Waals surface area contributed by atoms with Crippen molar-refractivity contribution < 1.29 is 22.8 Å². The smallest absolute Gasteiger partial charge is 0.392 e. The average molecular weight is 473 g/mol. The molecule has 0 radical (unpaired) electrons. The average Bonchev–Trinajstić information content (AvgIpc) is 3.35. The second-order valence-corrected chi connectivity index (χ2v) is 8.34. The monoisotopic (exact) mass is 473 g/mol. The van der Waals surface area contributed by atoms with Crippen LogP contribution in [0.3, 0.4) is 0 Å². The van der Waals surface area contributed by atoms with Gasteiger partial charge in [-0.25, -0.2) is 15.0 Å². The zero-order chi connectivity index (χ0) is 24.0. The molecule has 0 aliphatic carbocycles. The Hall–Kier alpha value is -3.51. The van der Waals surface area contributed by atoms with Gasteiger partial charge in [0.2, 0.25) is 5.95 Å². The van der Waals surface area contributed by atoms with E-state index in [1.807, 2.05) is 0 Å². The molecule has 0 unspecified atom stereocenters. The maximum absolute atomic E-state index is 13.8. The molecule has 4 N–H and O–H groups in total. The molecule has 0 amide bonds. The number of aliphatic hydroxyl groups is 1. The fourth-order valence-corrected chi connectivity index (χ4v) is 4.26. The Morgan fingerprint density at radius 3 is 2.71 bits per heavy atom. The first-order chi connectivity index (χ1) is 16.2. The number of aromatic nitrogens is 5. The Bertz CT molecular complexity index is 1330. The van der Waals surface area contributed by atoms with Gasteiger partial charge >= 0.3 is 6.18 Å². The molecule has 1 fully saturated rings. The van der Waals surface area contributed by atoms with Crippen molar-refractivity contribution >= 4 is 17.0 Å². The number of hydrogen-bond donors (Lipinski definition) is 4. The van der Waals surface area contributed by atoms with Crippen molar-refractivity contribution in [2.75, 3.05) is 18.4 Å². The summed E-state index contributed by atoms with van der Waals surface area (Å²) in [5.41, 5.74) is 1.47. The van der Waals surface area contributed by atoms with E-state index in [4.69, 9.17) is 4.52 Å². The Balaban J connectivity index is 1.56.